The van der Waals surface area contributed by atoms with Crippen molar-refractivity contribution in [2.75, 3.05) is 27.3 Å². The zero-order valence-electron chi connectivity index (χ0n) is 14.1. The number of hydrogen-bond acceptors (Lipinski definition) is 5. The van der Waals surface area contributed by atoms with E-state index in [2.05, 4.69) is 18.7 Å². The fourth-order valence-corrected chi connectivity index (χ4v) is 3.31. The molecule has 0 bridgehead atoms. The van der Waals surface area contributed by atoms with E-state index in [1.54, 1.807) is 14.2 Å². The highest BCUT2D eigenvalue weighted by Gasteiger charge is 2.47. The second-order valence-electron chi connectivity index (χ2n) is 6.35. The highest BCUT2D eigenvalue weighted by atomic mass is 16.6. The van der Waals surface area contributed by atoms with Crippen molar-refractivity contribution in [3.8, 4) is 11.5 Å². The molecule has 0 spiro atoms. The number of fused-ring (bicyclic) bond motifs is 1. The molecule has 6 heteroatoms. The highest BCUT2D eigenvalue weighted by molar-refractivity contribution is 5.71. The Balaban J connectivity index is 1.75. The standard InChI is InChI=1S/C17H24N2O4/c1-11(2)18-9-13-16(10-18)23-17(20)19(13)8-12-5-6-14(21-3)15(7-12)22-4/h5-7,11,13,16H,8-10H2,1-4H3/t13-,16+/m0/s1. The van der Waals surface area contributed by atoms with E-state index in [0.29, 0.717) is 24.1 Å². The molecule has 0 saturated carbocycles. The fraction of sp³-hybridized carbons (Fsp3) is 0.588. The van der Waals surface area contributed by atoms with Crippen LogP contribution in [0, 0.1) is 0 Å². The molecule has 23 heavy (non-hydrogen) atoms. The zero-order chi connectivity index (χ0) is 16.6. The number of rotatable bonds is 5. The lowest BCUT2D eigenvalue weighted by molar-refractivity contribution is 0.114. The Hall–Kier alpha value is -1.95. The number of amides is 1. The summed E-state index contributed by atoms with van der Waals surface area (Å²) >= 11 is 0. The van der Waals surface area contributed by atoms with Gasteiger partial charge in [-0.05, 0) is 31.5 Å². The van der Waals surface area contributed by atoms with Crippen LogP contribution in [0.5, 0.6) is 11.5 Å². The van der Waals surface area contributed by atoms with Gasteiger partial charge in [-0.2, -0.15) is 0 Å². The third-order valence-corrected chi connectivity index (χ3v) is 4.68. The predicted octanol–water partition coefficient (Wildman–Crippen LogP) is 2.12. The van der Waals surface area contributed by atoms with E-state index in [1.807, 2.05) is 23.1 Å². The Bertz CT molecular complexity index is 590. The van der Waals surface area contributed by atoms with E-state index in [9.17, 15) is 4.79 Å². The van der Waals surface area contributed by atoms with E-state index in [1.165, 1.54) is 0 Å². The molecule has 2 heterocycles. The van der Waals surface area contributed by atoms with Crippen LogP contribution < -0.4 is 9.47 Å². The molecule has 2 aliphatic rings. The molecular weight excluding hydrogens is 296 g/mol. The number of carbonyl (C=O) groups excluding carboxylic acids is 1. The van der Waals surface area contributed by atoms with Gasteiger partial charge in [-0.1, -0.05) is 6.07 Å². The van der Waals surface area contributed by atoms with Gasteiger partial charge < -0.3 is 14.2 Å². The van der Waals surface area contributed by atoms with Crippen LogP contribution in [-0.4, -0.2) is 61.4 Å². The molecular formula is C17H24N2O4. The minimum atomic E-state index is -0.224. The molecule has 1 amide bonds. The summed E-state index contributed by atoms with van der Waals surface area (Å²) in [6.45, 7) is 6.53. The largest absolute Gasteiger partial charge is 0.493 e. The van der Waals surface area contributed by atoms with Crippen molar-refractivity contribution in [1.29, 1.82) is 0 Å². The smallest absolute Gasteiger partial charge is 0.410 e. The molecule has 1 aromatic rings. The molecule has 1 aromatic carbocycles. The maximum atomic E-state index is 12.2. The van der Waals surface area contributed by atoms with Crippen molar-refractivity contribution in [3.63, 3.8) is 0 Å². The third-order valence-electron chi connectivity index (χ3n) is 4.68. The topological polar surface area (TPSA) is 51.2 Å². The lowest BCUT2D eigenvalue weighted by Gasteiger charge is -2.24. The Kier molecular flexibility index (Phi) is 4.35. The van der Waals surface area contributed by atoms with Gasteiger partial charge in [0.2, 0.25) is 0 Å². The number of ether oxygens (including phenoxy) is 3. The normalized spacial score (nSPS) is 24.0. The molecule has 0 aliphatic carbocycles. The first-order valence-electron chi connectivity index (χ1n) is 7.95. The third kappa shape index (κ3) is 2.95. The number of likely N-dealkylation sites (tertiary alicyclic amines) is 1. The first-order valence-corrected chi connectivity index (χ1v) is 7.95. The SMILES string of the molecule is COc1ccc(CN2C(=O)O[C@@H]3CN(C(C)C)C[C@@H]32)cc1OC. The Morgan fingerprint density at radius 2 is 1.96 bits per heavy atom. The molecule has 0 N–H and O–H groups in total. The Labute approximate surface area is 136 Å². The summed E-state index contributed by atoms with van der Waals surface area (Å²) in [6.07, 6.45) is -0.247. The van der Waals surface area contributed by atoms with Gasteiger partial charge in [0.25, 0.3) is 0 Å². The van der Waals surface area contributed by atoms with Crippen molar-refractivity contribution in [3.05, 3.63) is 23.8 Å². The second kappa shape index (κ2) is 6.28. The van der Waals surface area contributed by atoms with Gasteiger partial charge in [0.15, 0.2) is 11.5 Å². The molecule has 6 nitrogen and oxygen atoms in total. The van der Waals surface area contributed by atoms with Crippen molar-refractivity contribution < 1.29 is 19.0 Å². The van der Waals surface area contributed by atoms with E-state index in [0.717, 1.165) is 18.7 Å². The minimum absolute atomic E-state index is 0.0231. The van der Waals surface area contributed by atoms with Crippen molar-refractivity contribution >= 4 is 6.09 Å². The number of carbonyl (C=O) groups is 1. The maximum absolute atomic E-state index is 12.2. The summed E-state index contributed by atoms with van der Waals surface area (Å²) in [5.41, 5.74) is 1.00. The monoisotopic (exact) mass is 320 g/mol. The van der Waals surface area contributed by atoms with Crippen molar-refractivity contribution in [1.82, 2.24) is 9.80 Å². The number of hydrogen-bond donors (Lipinski definition) is 0. The first-order chi connectivity index (χ1) is 11.0. The molecule has 0 radical (unpaired) electrons. The summed E-state index contributed by atoms with van der Waals surface area (Å²) in [7, 11) is 3.22. The van der Waals surface area contributed by atoms with Crippen molar-refractivity contribution in [2.45, 2.75) is 38.6 Å². The highest BCUT2D eigenvalue weighted by Crippen LogP contribution is 2.32. The van der Waals surface area contributed by atoms with Crippen LogP contribution in [-0.2, 0) is 11.3 Å². The van der Waals surface area contributed by atoms with E-state index in [4.69, 9.17) is 14.2 Å². The summed E-state index contributed by atoms with van der Waals surface area (Å²) in [4.78, 5) is 16.4. The number of methoxy groups -OCH3 is 2. The van der Waals surface area contributed by atoms with Gasteiger partial charge in [0, 0.05) is 25.7 Å². The predicted molar refractivity (Wildman–Crippen MR) is 85.9 cm³/mol. The lowest BCUT2D eigenvalue weighted by Crippen LogP contribution is -2.38. The van der Waals surface area contributed by atoms with Crippen LogP contribution in [0.15, 0.2) is 18.2 Å². The van der Waals surface area contributed by atoms with Crippen LogP contribution in [0.2, 0.25) is 0 Å². The van der Waals surface area contributed by atoms with Crippen LogP contribution >= 0.6 is 0 Å². The molecule has 2 aliphatic heterocycles. The van der Waals surface area contributed by atoms with Crippen LogP contribution in [0.1, 0.15) is 19.4 Å². The van der Waals surface area contributed by atoms with Crippen LogP contribution in [0.4, 0.5) is 4.79 Å². The molecule has 0 aromatic heterocycles. The minimum Gasteiger partial charge on any atom is -0.493 e. The summed E-state index contributed by atoms with van der Waals surface area (Å²) in [5.74, 6) is 1.36. The molecule has 2 atom stereocenters. The van der Waals surface area contributed by atoms with Gasteiger partial charge in [0.05, 0.1) is 20.3 Å². The first kappa shape index (κ1) is 15.9. The zero-order valence-corrected chi connectivity index (χ0v) is 14.1. The maximum Gasteiger partial charge on any atom is 0.410 e. The van der Waals surface area contributed by atoms with Gasteiger partial charge in [-0.25, -0.2) is 4.79 Å². The molecule has 2 fully saturated rings. The number of benzene rings is 1. The van der Waals surface area contributed by atoms with Gasteiger partial charge in [-0.3, -0.25) is 9.80 Å². The molecule has 126 valence electrons. The van der Waals surface area contributed by atoms with Crippen LogP contribution in [0.3, 0.4) is 0 Å². The molecule has 0 unspecified atom stereocenters. The fourth-order valence-electron chi connectivity index (χ4n) is 3.31. The number of nitrogens with zero attached hydrogens (tertiary/aromatic N) is 2. The van der Waals surface area contributed by atoms with E-state index in [-0.39, 0.29) is 18.2 Å². The Morgan fingerprint density at radius 1 is 1.22 bits per heavy atom. The second-order valence-corrected chi connectivity index (χ2v) is 6.35. The van der Waals surface area contributed by atoms with E-state index < -0.39 is 0 Å². The van der Waals surface area contributed by atoms with Crippen LogP contribution in [0.25, 0.3) is 0 Å². The Morgan fingerprint density at radius 3 is 2.61 bits per heavy atom. The summed E-state index contributed by atoms with van der Waals surface area (Å²) < 4.78 is 16.1. The van der Waals surface area contributed by atoms with E-state index >= 15 is 0 Å². The van der Waals surface area contributed by atoms with Gasteiger partial charge >= 0.3 is 6.09 Å². The van der Waals surface area contributed by atoms with Gasteiger partial charge in [-0.15, -0.1) is 0 Å². The molecule has 2 saturated heterocycles. The summed E-state index contributed by atoms with van der Waals surface area (Å²) in [5, 5.41) is 0. The summed E-state index contributed by atoms with van der Waals surface area (Å²) in [6, 6.07) is 6.31. The van der Waals surface area contributed by atoms with Gasteiger partial charge in [0.1, 0.15) is 6.10 Å². The quantitative estimate of drug-likeness (QED) is 0.832. The lowest BCUT2D eigenvalue weighted by atomic mass is 10.1. The average Bonchev–Trinajstić information content (AvgIpc) is 3.06. The molecule has 3 rings (SSSR count). The average molecular weight is 320 g/mol. The van der Waals surface area contributed by atoms with Crippen molar-refractivity contribution in [2.24, 2.45) is 0 Å².